The van der Waals surface area contributed by atoms with Crippen LogP contribution in [0.1, 0.15) is 86.0 Å². The van der Waals surface area contributed by atoms with E-state index in [1.165, 1.54) is 19.3 Å². The Morgan fingerprint density at radius 3 is 2.62 bits per heavy atom. The van der Waals surface area contributed by atoms with Crippen LogP contribution in [0.2, 0.25) is 0 Å². The van der Waals surface area contributed by atoms with Crippen molar-refractivity contribution in [1.29, 1.82) is 0 Å². The maximum Gasteiger partial charge on any atom is 0.139 e. The van der Waals surface area contributed by atoms with Crippen molar-refractivity contribution in [2.45, 2.75) is 92.1 Å². The van der Waals surface area contributed by atoms with Crippen molar-refractivity contribution in [2.24, 2.45) is 39.9 Å². The van der Waals surface area contributed by atoms with Gasteiger partial charge in [0, 0.05) is 11.8 Å². The van der Waals surface area contributed by atoms with E-state index < -0.39 is 0 Å². The van der Waals surface area contributed by atoms with E-state index in [9.17, 15) is 9.90 Å². The molecule has 8 atom stereocenters. The zero-order valence-corrected chi connectivity index (χ0v) is 17.5. The summed E-state index contributed by atoms with van der Waals surface area (Å²) in [7, 11) is 0. The monoisotopic (exact) mass is 358 g/mol. The molecule has 146 valence electrons. The lowest BCUT2D eigenvalue weighted by Gasteiger charge is -2.58. The van der Waals surface area contributed by atoms with Gasteiger partial charge in [0.2, 0.25) is 0 Å². The Hall–Kier alpha value is -0.630. The summed E-state index contributed by atoms with van der Waals surface area (Å²) in [5.74, 6) is 2.94. The van der Waals surface area contributed by atoms with E-state index in [1.54, 1.807) is 5.57 Å². The number of ketones is 1. The number of fused-ring (bicyclic) bond motifs is 5. The summed E-state index contributed by atoms with van der Waals surface area (Å²) in [6, 6.07) is 0. The molecule has 0 radical (unpaired) electrons. The van der Waals surface area contributed by atoms with Gasteiger partial charge < -0.3 is 5.11 Å². The molecule has 3 saturated carbocycles. The Kier molecular flexibility index (Phi) is 4.27. The molecule has 0 unspecified atom stereocenters. The van der Waals surface area contributed by atoms with E-state index in [0.717, 1.165) is 25.7 Å². The molecule has 26 heavy (non-hydrogen) atoms. The number of rotatable bonds is 2. The third-order valence-corrected chi connectivity index (χ3v) is 10.1. The van der Waals surface area contributed by atoms with Crippen molar-refractivity contribution in [1.82, 2.24) is 0 Å². The molecule has 0 saturated heterocycles. The molecule has 0 aromatic carbocycles. The summed E-state index contributed by atoms with van der Waals surface area (Å²) < 4.78 is 0. The van der Waals surface area contributed by atoms with Gasteiger partial charge in [-0.25, -0.2) is 0 Å². The first-order valence-corrected chi connectivity index (χ1v) is 11.1. The molecule has 4 rings (SSSR count). The van der Waals surface area contributed by atoms with Crippen LogP contribution in [0.3, 0.4) is 0 Å². The van der Waals surface area contributed by atoms with Gasteiger partial charge in [-0.1, -0.05) is 46.3 Å². The summed E-state index contributed by atoms with van der Waals surface area (Å²) in [6.07, 6.45) is 11.1. The van der Waals surface area contributed by atoms with Crippen LogP contribution in [-0.4, -0.2) is 17.0 Å². The maximum absolute atomic E-state index is 13.0. The standard InChI is InChI=1S/C24H38O2/c1-6-21(26)24(5)15(2)13-20-18-8-7-16-14-17(25)9-11-22(16,3)19(18)10-12-23(20,24)4/h10,15-18,20,25H,6-9,11-14H2,1-5H3/t15-,16+,17+,18-,20+,22+,23+,24-/m1/s1. The Bertz CT molecular complexity index is 636. The summed E-state index contributed by atoms with van der Waals surface area (Å²) in [6.45, 7) is 11.6. The lowest BCUT2D eigenvalue weighted by atomic mass is 9.47. The smallest absolute Gasteiger partial charge is 0.139 e. The number of carbonyl (C=O) groups is 1. The van der Waals surface area contributed by atoms with Gasteiger partial charge in [0.05, 0.1) is 6.10 Å². The third-order valence-electron chi connectivity index (χ3n) is 10.1. The van der Waals surface area contributed by atoms with Crippen LogP contribution in [0.25, 0.3) is 0 Å². The predicted molar refractivity (Wildman–Crippen MR) is 106 cm³/mol. The Morgan fingerprint density at radius 1 is 1.19 bits per heavy atom. The number of aliphatic hydroxyl groups excluding tert-OH is 1. The molecule has 0 spiro atoms. The van der Waals surface area contributed by atoms with Crippen LogP contribution in [-0.2, 0) is 4.79 Å². The predicted octanol–water partition coefficient (Wildman–Crippen LogP) is 5.54. The molecule has 0 aromatic heterocycles. The average Bonchev–Trinajstić information content (AvgIpc) is 2.83. The normalized spacial score (nSPS) is 53.3. The third kappa shape index (κ3) is 2.17. The quantitative estimate of drug-likeness (QED) is 0.658. The topological polar surface area (TPSA) is 37.3 Å². The highest BCUT2D eigenvalue weighted by Crippen LogP contribution is 2.70. The van der Waals surface area contributed by atoms with Crippen molar-refractivity contribution in [2.75, 3.05) is 0 Å². The number of Topliss-reactive ketones (excluding diaryl/α,β-unsaturated/α-hetero) is 1. The molecule has 1 N–H and O–H groups in total. The van der Waals surface area contributed by atoms with Crippen LogP contribution in [0.15, 0.2) is 11.6 Å². The van der Waals surface area contributed by atoms with Gasteiger partial charge in [-0.3, -0.25) is 4.79 Å². The molecular weight excluding hydrogens is 320 g/mol. The lowest BCUT2D eigenvalue weighted by Crippen LogP contribution is -2.51. The second-order valence-electron chi connectivity index (χ2n) is 10.7. The van der Waals surface area contributed by atoms with E-state index in [2.05, 4.69) is 33.8 Å². The number of hydrogen-bond acceptors (Lipinski definition) is 2. The zero-order valence-electron chi connectivity index (χ0n) is 17.5. The van der Waals surface area contributed by atoms with Gasteiger partial charge in [0.15, 0.2) is 0 Å². The first-order valence-electron chi connectivity index (χ1n) is 11.1. The minimum Gasteiger partial charge on any atom is -0.393 e. The largest absolute Gasteiger partial charge is 0.393 e. The van der Waals surface area contributed by atoms with Crippen molar-refractivity contribution in [3.8, 4) is 0 Å². The fourth-order valence-corrected chi connectivity index (χ4v) is 8.03. The molecule has 0 aliphatic heterocycles. The second kappa shape index (κ2) is 5.93. The number of hydrogen-bond donors (Lipinski definition) is 1. The molecule has 2 heteroatoms. The summed E-state index contributed by atoms with van der Waals surface area (Å²) in [5, 5.41) is 10.2. The van der Waals surface area contributed by atoms with Crippen molar-refractivity contribution >= 4 is 5.78 Å². The van der Waals surface area contributed by atoms with Crippen molar-refractivity contribution in [3.63, 3.8) is 0 Å². The summed E-state index contributed by atoms with van der Waals surface area (Å²) in [5.41, 5.74) is 1.95. The van der Waals surface area contributed by atoms with Crippen LogP contribution in [0, 0.1) is 39.9 Å². The van der Waals surface area contributed by atoms with E-state index in [0.29, 0.717) is 41.3 Å². The Morgan fingerprint density at radius 2 is 1.92 bits per heavy atom. The Labute approximate surface area is 159 Å². The van der Waals surface area contributed by atoms with Crippen LogP contribution in [0.4, 0.5) is 0 Å². The van der Waals surface area contributed by atoms with Crippen LogP contribution in [0.5, 0.6) is 0 Å². The van der Waals surface area contributed by atoms with E-state index in [1.807, 2.05) is 6.92 Å². The average molecular weight is 359 g/mol. The zero-order chi connectivity index (χ0) is 18.9. The van der Waals surface area contributed by atoms with E-state index in [-0.39, 0.29) is 16.9 Å². The van der Waals surface area contributed by atoms with Gasteiger partial charge >= 0.3 is 0 Å². The first-order chi connectivity index (χ1) is 12.2. The highest BCUT2D eigenvalue weighted by atomic mass is 16.3. The summed E-state index contributed by atoms with van der Waals surface area (Å²) in [4.78, 5) is 13.0. The molecule has 4 aliphatic carbocycles. The second-order valence-corrected chi connectivity index (χ2v) is 10.7. The van der Waals surface area contributed by atoms with Gasteiger partial charge in [-0.2, -0.15) is 0 Å². The highest BCUT2D eigenvalue weighted by Gasteiger charge is 2.65. The van der Waals surface area contributed by atoms with Gasteiger partial charge in [-0.05, 0) is 79.4 Å². The molecule has 0 aromatic rings. The van der Waals surface area contributed by atoms with Crippen molar-refractivity contribution < 1.29 is 9.90 Å². The first kappa shape index (κ1) is 18.7. The van der Waals surface area contributed by atoms with Gasteiger partial charge in [-0.15, -0.1) is 0 Å². The summed E-state index contributed by atoms with van der Waals surface area (Å²) >= 11 is 0. The lowest BCUT2D eigenvalue weighted by molar-refractivity contribution is -0.138. The van der Waals surface area contributed by atoms with Gasteiger partial charge in [0.1, 0.15) is 5.78 Å². The minimum absolute atomic E-state index is 0.0870. The molecule has 0 heterocycles. The molecule has 3 fully saturated rings. The van der Waals surface area contributed by atoms with Crippen molar-refractivity contribution in [3.05, 3.63) is 11.6 Å². The molecule has 0 amide bonds. The molecule has 2 nitrogen and oxygen atoms in total. The molecule has 0 bridgehead atoms. The van der Waals surface area contributed by atoms with Crippen LogP contribution < -0.4 is 0 Å². The maximum atomic E-state index is 13.0. The van der Waals surface area contributed by atoms with Crippen LogP contribution >= 0.6 is 0 Å². The molecular formula is C24H38O2. The molecule has 4 aliphatic rings. The fraction of sp³-hybridized carbons (Fsp3) is 0.875. The number of carbonyl (C=O) groups excluding carboxylic acids is 1. The SMILES string of the molecule is CCC(=O)[C@@]1(C)[C@H](C)C[C@H]2[C@@H]3CC[C@H]4C[C@@H](O)CC[C@]4(C)C3=CC[C@@]21C. The fourth-order valence-electron chi connectivity index (χ4n) is 8.03. The number of allylic oxidation sites excluding steroid dienone is 2. The van der Waals surface area contributed by atoms with E-state index >= 15 is 0 Å². The highest BCUT2D eigenvalue weighted by molar-refractivity contribution is 5.86. The number of aliphatic hydroxyl groups is 1. The van der Waals surface area contributed by atoms with E-state index in [4.69, 9.17) is 0 Å². The van der Waals surface area contributed by atoms with Gasteiger partial charge in [0.25, 0.3) is 0 Å². The minimum atomic E-state index is -0.172. The Balaban J connectivity index is 1.73.